The van der Waals surface area contributed by atoms with Gasteiger partial charge in [-0.1, -0.05) is 19.3 Å². The first-order valence-corrected chi connectivity index (χ1v) is 7.52. The van der Waals surface area contributed by atoms with Gasteiger partial charge in [-0.25, -0.2) is 14.8 Å². The number of hydrogen-bond donors (Lipinski definition) is 2. The Kier molecular flexibility index (Phi) is 4.27. The van der Waals surface area contributed by atoms with Crippen LogP contribution in [0.15, 0.2) is 30.6 Å². The van der Waals surface area contributed by atoms with E-state index in [1.165, 1.54) is 25.3 Å². The van der Waals surface area contributed by atoms with E-state index in [4.69, 9.17) is 0 Å². The quantitative estimate of drug-likeness (QED) is 0.902. The van der Waals surface area contributed by atoms with Gasteiger partial charge in [-0.2, -0.15) is 0 Å². The second kappa shape index (κ2) is 6.51. The molecule has 2 heterocycles. The van der Waals surface area contributed by atoms with Gasteiger partial charge in [-0.05, 0) is 25.0 Å². The minimum absolute atomic E-state index is 0.000113. The number of hydrogen-bond acceptors (Lipinski definition) is 5. The molecule has 22 heavy (non-hydrogen) atoms. The molecule has 2 aromatic heterocycles. The molecule has 6 heteroatoms. The second-order valence-corrected chi connectivity index (χ2v) is 5.48. The Labute approximate surface area is 128 Å². The number of carbonyl (C=O) groups is 1. The van der Waals surface area contributed by atoms with Crippen molar-refractivity contribution in [3.63, 3.8) is 0 Å². The summed E-state index contributed by atoms with van der Waals surface area (Å²) >= 11 is 0. The molecule has 0 radical (unpaired) electrons. The molecule has 0 unspecified atom stereocenters. The van der Waals surface area contributed by atoms with Gasteiger partial charge >= 0.3 is 5.97 Å². The van der Waals surface area contributed by atoms with Crippen LogP contribution >= 0.6 is 0 Å². The van der Waals surface area contributed by atoms with Crippen LogP contribution in [-0.2, 0) is 0 Å². The summed E-state index contributed by atoms with van der Waals surface area (Å²) in [7, 11) is 0. The molecule has 0 saturated heterocycles. The van der Waals surface area contributed by atoms with E-state index >= 15 is 0 Å². The summed E-state index contributed by atoms with van der Waals surface area (Å²) in [6.07, 6.45) is 9.14. The normalized spacial score (nSPS) is 15.5. The standard InChI is InChI=1S/C16H18N4O2/c21-16(22)13-10-14(18-12-4-2-1-3-5-12)20-15(19-13)11-6-8-17-9-7-11/h6-10,12H,1-5H2,(H,21,22)(H,18,19,20). The van der Waals surface area contributed by atoms with E-state index in [1.807, 2.05) is 0 Å². The molecule has 0 spiro atoms. The summed E-state index contributed by atoms with van der Waals surface area (Å²) in [5.41, 5.74) is 0.755. The summed E-state index contributed by atoms with van der Waals surface area (Å²) < 4.78 is 0. The zero-order valence-electron chi connectivity index (χ0n) is 12.2. The molecule has 0 atom stereocenters. The summed E-state index contributed by atoms with van der Waals surface area (Å²) in [5.74, 6) is -0.0730. The number of anilines is 1. The highest BCUT2D eigenvalue weighted by Gasteiger charge is 2.16. The Balaban J connectivity index is 1.91. The third-order valence-corrected chi connectivity index (χ3v) is 3.84. The molecule has 114 valence electrons. The number of nitrogens with zero attached hydrogens (tertiary/aromatic N) is 3. The first kappa shape index (κ1) is 14.4. The van der Waals surface area contributed by atoms with Gasteiger partial charge in [-0.3, -0.25) is 4.98 Å². The number of pyridine rings is 1. The van der Waals surface area contributed by atoms with E-state index in [2.05, 4.69) is 20.3 Å². The summed E-state index contributed by atoms with van der Waals surface area (Å²) in [4.78, 5) is 23.8. The van der Waals surface area contributed by atoms with E-state index in [-0.39, 0.29) is 5.69 Å². The fraction of sp³-hybridized carbons (Fsp3) is 0.375. The Bertz CT molecular complexity index is 654. The summed E-state index contributed by atoms with van der Waals surface area (Å²) in [5, 5.41) is 12.6. The van der Waals surface area contributed by atoms with Crippen LogP contribution in [0.1, 0.15) is 42.6 Å². The summed E-state index contributed by atoms with van der Waals surface area (Å²) in [6.45, 7) is 0. The first-order valence-electron chi connectivity index (χ1n) is 7.52. The van der Waals surface area contributed by atoms with Crippen LogP contribution in [0.4, 0.5) is 5.82 Å². The third-order valence-electron chi connectivity index (χ3n) is 3.84. The van der Waals surface area contributed by atoms with Crippen molar-refractivity contribution in [3.05, 3.63) is 36.3 Å². The maximum Gasteiger partial charge on any atom is 0.354 e. The van der Waals surface area contributed by atoms with Crippen LogP contribution in [0.2, 0.25) is 0 Å². The highest BCUT2D eigenvalue weighted by atomic mass is 16.4. The molecule has 3 rings (SSSR count). The molecule has 1 aliphatic carbocycles. The van der Waals surface area contributed by atoms with Gasteiger partial charge in [0, 0.05) is 30.1 Å². The molecular formula is C16H18N4O2. The zero-order chi connectivity index (χ0) is 15.4. The number of aromatic carboxylic acids is 1. The van der Waals surface area contributed by atoms with Gasteiger partial charge in [-0.15, -0.1) is 0 Å². The predicted molar refractivity (Wildman–Crippen MR) is 82.7 cm³/mol. The molecular weight excluding hydrogens is 280 g/mol. The smallest absolute Gasteiger partial charge is 0.354 e. The minimum Gasteiger partial charge on any atom is -0.477 e. The van der Waals surface area contributed by atoms with Crippen molar-refractivity contribution in [2.24, 2.45) is 0 Å². The van der Waals surface area contributed by atoms with Crippen LogP contribution in [0.25, 0.3) is 11.4 Å². The Morgan fingerprint density at radius 3 is 2.55 bits per heavy atom. The van der Waals surface area contributed by atoms with Gasteiger partial charge in [0.05, 0.1) is 0 Å². The van der Waals surface area contributed by atoms with Crippen LogP contribution in [0.5, 0.6) is 0 Å². The molecule has 0 aromatic carbocycles. The van der Waals surface area contributed by atoms with Gasteiger partial charge in [0.2, 0.25) is 0 Å². The SMILES string of the molecule is O=C(O)c1cc(NC2CCCCC2)nc(-c2ccncc2)n1. The molecule has 0 aliphatic heterocycles. The highest BCUT2D eigenvalue weighted by molar-refractivity contribution is 5.87. The van der Waals surface area contributed by atoms with E-state index in [1.54, 1.807) is 24.5 Å². The maximum atomic E-state index is 11.3. The maximum absolute atomic E-state index is 11.3. The van der Waals surface area contributed by atoms with Crippen molar-refractivity contribution in [2.45, 2.75) is 38.1 Å². The number of rotatable bonds is 4. The Hall–Kier alpha value is -2.50. The van der Waals surface area contributed by atoms with Gasteiger partial charge < -0.3 is 10.4 Å². The van der Waals surface area contributed by atoms with Crippen molar-refractivity contribution in [1.82, 2.24) is 15.0 Å². The predicted octanol–water partition coefficient (Wildman–Crippen LogP) is 2.98. The van der Waals surface area contributed by atoms with Gasteiger partial charge in [0.1, 0.15) is 5.82 Å². The van der Waals surface area contributed by atoms with Crippen molar-refractivity contribution in [2.75, 3.05) is 5.32 Å². The minimum atomic E-state index is -1.05. The molecule has 0 bridgehead atoms. The first-order chi connectivity index (χ1) is 10.7. The lowest BCUT2D eigenvalue weighted by Crippen LogP contribution is -2.23. The molecule has 1 saturated carbocycles. The fourth-order valence-corrected chi connectivity index (χ4v) is 2.72. The molecule has 0 amide bonds. The zero-order valence-corrected chi connectivity index (χ0v) is 12.2. The lowest BCUT2D eigenvalue weighted by Gasteiger charge is -2.23. The topological polar surface area (TPSA) is 88.0 Å². The molecule has 1 fully saturated rings. The second-order valence-electron chi connectivity index (χ2n) is 5.48. The van der Waals surface area contributed by atoms with Crippen LogP contribution in [0, 0.1) is 0 Å². The number of nitrogens with one attached hydrogen (secondary N) is 1. The third kappa shape index (κ3) is 3.39. The molecule has 2 N–H and O–H groups in total. The van der Waals surface area contributed by atoms with E-state index in [0.717, 1.165) is 18.4 Å². The van der Waals surface area contributed by atoms with Crippen molar-refractivity contribution in [3.8, 4) is 11.4 Å². The fourth-order valence-electron chi connectivity index (χ4n) is 2.72. The number of carboxylic acid groups (broad SMARTS) is 1. The van der Waals surface area contributed by atoms with E-state index in [9.17, 15) is 9.90 Å². The highest BCUT2D eigenvalue weighted by Crippen LogP contribution is 2.23. The van der Waals surface area contributed by atoms with Crippen LogP contribution in [-0.4, -0.2) is 32.1 Å². The van der Waals surface area contributed by atoms with Gasteiger partial charge in [0.25, 0.3) is 0 Å². The van der Waals surface area contributed by atoms with Crippen molar-refractivity contribution < 1.29 is 9.90 Å². The van der Waals surface area contributed by atoms with Crippen LogP contribution in [0.3, 0.4) is 0 Å². The van der Waals surface area contributed by atoms with Crippen molar-refractivity contribution in [1.29, 1.82) is 0 Å². The van der Waals surface area contributed by atoms with Crippen molar-refractivity contribution >= 4 is 11.8 Å². The lowest BCUT2D eigenvalue weighted by atomic mass is 9.95. The largest absolute Gasteiger partial charge is 0.477 e. The average molecular weight is 298 g/mol. The molecule has 2 aromatic rings. The lowest BCUT2D eigenvalue weighted by molar-refractivity contribution is 0.0690. The number of carboxylic acids is 1. The van der Waals surface area contributed by atoms with Crippen LogP contribution < -0.4 is 5.32 Å². The monoisotopic (exact) mass is 298 g/mol. The molecule has 1 aliphatic rings. The Morgan fingerprint density at radius 1 is 1.14 bits per heavy atom. The Morgan fingerprint density at radius 2 is 1.86 bits per heavy atom. The molecule has 6 nitrogen and oxygen atoms in total. The van der Waals surface area contributed by atoms with E-state index in [0.29, 0.717) is 17.7 Å². The number of aromatic nitrogens is 3. The summed E-state index contributed by atoms with van der Waals surface area (Å²) in [6, 6.07) is 5.40. The van der Waals surface area contributed by atoms with E-state index < -0.39 is 5.97 Å². The average Bonchev–Trinajstić information content (AvgIpc) is 2.56. The van der Waals surface area contributed by atoms with Gasteiger partial charge in [0.15, 0.2) is 11.5 Å².